The van der Waals surface area contributed by atoms with Gasteiger partial charge < -0.3 is 66.5 Å². The second kappa shape index (κ2) is 12.8. The smallest absolute Gasteiger partial charge is 0.548 e. The number of carboxylic acid groups (broad SMARTS) is 2. The minimum atomic E-state index is -2.29. The first-order valence-corrected chi connectivity index (χ1v) is 9.80. The van der Waals surface area contributed by atoms with Crippen molar-refractivity contribution in [3.8, 4) is 0 Å². The summed E-state index contributed by atoms with van der Waals surface area (Å²) in [5.74, 6) is -5.54. The number of carboxylic acids is 2. The number of nitrogens with zero attached hydrogens (tertiary/aromatic N) is 1. The number of aliphatic hydroxyl groups is 4. The van der Waals surface area contributed by atoms with Crippen LogP contribution >= 0.6 is 0 Å². The van der Waals surface area contributed by atoms with E-state index in [0.717, 1.165) is 0 Å². The molecule has 0 unspecified atom stereocenters. The Hall–Kier alpha value is -3.26. The Balaban J connectivity index is 0.00000684. The zero-order valence-electron chi connectivity index (χ0n) is 18.6. The molecule has 8 atom stereocenters. The average Bonchev–Trinajstić information content (AvgIpc) is 3.08. The van der Waals surface area contributed by atoms with Crippen LogP contribution in [0.3, 0.4) is 0 Å². The molecule has 0 bridgehead atoms. The van der Waals surface area contributed by atoms with Gasteiger partial charge in [-0.25, -0.2) is 9.59 Å². The van der Waals surface area contributed by atoms with Gasteiger partial charge in [0.05, 0.1) is 23.5 Å². The number of aromatic nitrogens is 2. The van der Waals surface area contributed by atoms with Gasteiger partial charge in [-0.1, -0.05) is 0 Å². The van der Waals surface area contributed by atoms with Crippen molar-refractivity contribution in [1.82, 2.24) is 14.9 Å². The molecule has 20 heteroatoms. The van der Waals surface area contributed by atoms with Gasteiger partial charge in [0.2, 0.25) is 5.91 Å². The number of amides is 2. The van der Waals surface area contributed by atoms with Crippen LogP contribution in [0.5, 0.6) is 0 Å². The van der Waals surface area contributed by atoms with Crippen LogP contribution < -0.4 is 38.2 Å². The van der Waals surface area contributed by atoms with Crippen molar-refractivity contribution in [1.29, 1.82) is 0 Å². The minimum Gasteiger partial charge on any atom is -0.548 e. The molecule has 2 amide bonds. The Bertz CT molecular complexity index is 1140. The predicted octanol–water partition coefficient (Wildman–Crippen LogP) is -9.10. The van der Waals surface area contributed by atoms with Gasteiger partial charge in [-0.15, -0.1) is 0 Å². The van der Waals surface area contributed by atoms with E-state index in [1.807, 2.05) is 0 Å². The molecule has 0 saturated carbocycles. The molecular weight excluding hydrogens is 564 g/mol. The summed E-state index contributed by atoms with van der Waals surface area (Å²) in [7, 11) is 0. The summed E-state index contributed by atoms with van der Waals surface area (Å²) in [5, 5.41) is 64.7. The molecule has 1 aliphatic rings. The predicted molar refractivity (Wildman–Crippen MR) is 104 cm³/mol. The van der Waals surface area contributed by atoms with Crippen LogP contribution in [0.25, 0.3) is 0 Å². The van der Waals surface area contributed by atoms with Crippen LogP contribution in [0.15, 0.2) is 15.8 Å². The fourth-order valence-corrected chi connectivity index (χ4v) is 3.20. The van der Waals surface area contributed by atoms with Crippen molar-refractivity contribution < 1.29 is 78.8 Å². The molecule has 1 aliphatic heterocycles. The second-order valence-corrected chi connectivity index (χ2v) is 7.49. The summed E-state index contributed by atoms with van der Waals surface area (Å²) >= 11 is 0. The number of nitrogens with one attached hydrogen (secondary N) is 2. The molecule has 200 valence electrons. The molecule has 1 aromatic rings. The number of H-pyrrole nitrogens is 1. The van der Waals surface area contributed by atoms with Gasteiger partial charge in [0, 0.05) is 6.20 Å². The number of hydrogen-bond acceptors (Lipinski definition) is 15. The summed E-state index contributed by atoms with van der Waals surface area (Å²) in [6.07, 6.45) is -13.2. The third kappa shape index (κ3) is 7.16. The quantitative estimate of drug-likeness (QED) is 0.118. The summed E-state index contributed by atoms with van der Waals surface area (Å²) < 4.78 is 9.75. The van der Waals surface area contributed by atoms with Crippen molar-refractivity contribution >= 4 is 23.9 Å². The number of carbonyl (C=O) groups excluding carboxylic acids is 4. The van der Waals surface area contributed by atoms with Crippen LogP contribution in [0.4, 0.5) is 4.79 Å². The molecule has 0 aromatic carbocycles. The molecular formula is C17H21N5O14Zn. The summed E-state index contributed by atoms with van der Waals surface area (Å²) in [4.78, 5) is 70.9. The topological polar surface area (TPSA) is 333 Å². The van der Waals surface area contributed by atoms with E-state index in [2.05, 4.69) is 4.74 Å². The number of nitrogens with two attached hydrogens (primary N) is 2. The molecule has 37 heavy (non-hydrogen) atoms. The number of aromatic amines is 1. The largest absolute Gasteiger partial charge is 2.00 e. The zero-order valence-corrected chi connectivity index (χ0v) is 21.6. The van der Waals surface area contributed by atoms with E-state index in [-0.39, 0.29) is 19.5 Å². The number of ether oxygens (including phenoxy) is 2. The minimum absolute atomic E-state index is 0. The molecule has 1 fully saturated rings. The van der Waals surface area contributed by atoms with Gasteiger partial charge in [0.25, 0.3) is 5.56 Å². The first kappa shape index (κ1) is 31.8. The van der Waals surface area contributed by atoms with Crippen LogP contribution in [0.2, 0.25) is 0 Å². The number of aliphatic carboxylic acids is 1. The molecule has 0 spiro atoms. The Labute approximate surface area is 217 Å². The van der Waals surface area contributed by atoms with Crippen LogP contribution in [0, 0.1) is 0 Å². The summed E-state index contributed by atoms with van der Waals surface area (Å²) in [6, 6.07) is -4.33. The van der Waals surface area contributed by atoms with Gasteiger partial charge in [-0.2, -0.15) is 0 Å². The van der Waals surface area contributed by atoms with Gasteiger partial charge >= 0.3 is 31.3 Å². The Morgan fingerprint density at radius 2 is 1.78 bits per heavy atom. The van der Waals surface area contributed by atoms with Gasteiger partial charge in [-0.05, 0) is 0 Å². The van der Waals surface area contributed by atoms with E-state index in [1.165, 1.54) is 0 Å². The molecule has 0 radical (unpaired) electrons. The van der Waals surface area contributed by atoms with E-state index in [9.17, 15) is 59.4 Å². The monoisotopic (exact) mass is 583 g/mol. The fraction of sp³-hybridized carbons (Fsp3) is 0.529. The number of aromatic carboxylic acids is 1. The number of rotatable bonds is 10. The number of carbonyl (C=O) groups is 4. The third-order valence-corrected chi connectivity index (χ3v) is 5.08. The van der Waals surface area contributed by atoms with Crippen molar-refractivity contribution in [2.24, 2.45) is 11.5 Å². The third-order valence-electron chi connectivity index (χ3n) is 5.08. The number of primary amides is 1. The molecule has 1 saturated heterocycles. The van der Waals surface area contributed by atoms with Gasteiger partial charge in [0.1, 0.15) is 43.2 Å². The van der Waals surface area contributed by atoms with E-state index in [4.69, 9.17) is 16.2 Å². The zero-order chi connectivity index (χ0) is 27.5. The van der Waals surface area contributed by atoms with Crippen molar-refractivity contribution in [2.45, 2.75) is 48.8 Å². The van der Waals surface area contributed by atoms with Gasteiger partial charge in [0.15, 0.2) is 6.23 Å². The van der Waals surface area contributed by atoms with E-state index < -0.39 is 96.2 Å². The van der Waals surface area contributed by atoms with E-state index in [0.29, 0.717) is 10.8 Å². The maximum Gasteiger partial charge on any atom is 2.00 e. The van der Waals surface area contributed by atoms with Crippen LogP contribution in [0.1, 0.15) is 16.6 Å². The molecule has 0 aliphatic carbocycles. The summed E-state index contributed by atoms with van der Waals surface area (Å²) in [6.45, 7) is -0.874. The summed E-state index contributed by atoms with van der Waals surface area (Å²) in [5.41, 5.74) is 6.45. The Kier molecular flexibility index (Phi) is 11.0. The first-order chi connectivity index (χ1) is 16.7. The Morgan fingerprint density at radius 1 is 1.19 bits per heavy atom. The van der Waals surface area contributed by atoms with Crippen molar-refractivity contribution in [2.75, 3.05) is 6.61 Å². The number of hydrogen-bond donors (Lipinski definition) is 8. The van der Waals surface area contributed by atoms with Crippen molar-refractivity contribution in [3.63, 3.8) is 0 Å². The molecule has 2 heterocycles. The maximum absolute atomic E-state index is 12.4. The molecule has 1 aromatic heterocycles. The molecule has 19 nitrogen and oxygen atoms in total. The molecule has 2 rings (SSSR count). The Morgan fingerprint density at radius 3 is 2.30 bits per heavy atom. The first-order valence-electron chi connectivity index (χ1n) is 9.80. The molecule has 10 N–H and O–H groups in total. The SMILES string of the molecule is NC(=O)OC[C@H](O)[C@@H](O)[C@H](N)C(=O)N[C@H](C(=O)[O-])[C@H]1O[C@@H](n2cc(C(=O)[O-])c(=O)[nH]c2=O)[C@H](O)[C@@H]1O.[Zn+2]. The van der Waals surface area contributed by atoms with Crippen LogP contribution in [-0.4, -0.2) is 103 Å². The van der Waals surface area contributed by atoms with E-state index >= 15 is 0 Å². The van der Waals surface area contributed by atoms with Crippen LogP contribution in [-0.2, 0) is 38.5 Å². The standard InChI is InChI=1S/C17H23N5O14.Zn/c18-5(7(24)4(23)2-35-16(19)33)12(28)20-6(15(31)32)10-8(25)9(26)13(36-10)22-1-3(14(29)30)11(27)21-17(22)34;/h1,4-10,13,23-26H,2,18H2,(H2,19,33)(H,20,28)(H,29,30)(H,31,32)(H,21,27,34);/q;+2/p-2/t4-,5-,6-,7+,8-,9+,10+,13+;/m0./s1. The average molecular weight is 585 g/mol. The second-order valence-electron chi connectivity index (χ2n) is 7.49. The normalized spacial score (nSPS) is 24.1. The van der Waals surface area contributed by atoms with Crippen molar-refractivity contribution in [3.05, 3.63) is 32.6 Å². The number of aliphatic hydroxyl groups excluding tert-OH is 4. The van der Waals surface area contributed by atoms with E-state index in [1.54, 1.807) is 10.3 Å². The van der Waals surface area contributed by atoms with Gasteiger partial charge in [-0.3, -0.25) is 19.1 Å². The maximum atomic E-state index is 12.4. The fourth-order valence-electron chi connectivity index (χ4n) is 3.20.